The molecule has 3 rings (SSSR count). The van der Waals surface area contributed by atoms with Gasteiger partial charge in [0.1, 0.15) is 0 Å². The SMILES string of the molecule is COc1cc2c(c(OC)c1O)-c1ccccc1CCC2. The van der Waals surface area contributed by atoms with Gasteiger partial charge >= 0.3 is 0 Å². The average Bonchev–Trinajstić information content (AvgIpc) is 2.66. The molecule has 2 aromatic carbocycles. The lowest BCUT2D eigenvalue weighted by atomic mass is 9.95. The van der Waals surface area contributed by atoms with Crippen molar-refractivity contribution in [3.8, 4) is 28.4 Å². The van der Waals surface area contributed by atoms with Crippen molar-refractivity contribution in [3.63, 3.8) is 0 Å². The Hall–Kier alpha value is -2.16. The van der Waals surface area contributed by atoms with Crippen LogP contribution in [0.25, 0.3) is 11.1 Å². The Kier molecular flexibility index (Phi) is 3.26. The van der Waals surface area contributed by atoms with Crippen LogP contribution in [0, 0.1) is 0 Å². The summed E-state index contributed by atoms with van der Waals surface area (Å²) in [6.07, 6.45) is 3.08. The minimum absolute atomic E-state index is 0.0745. The molecule has 0 saturated carbocycles. The molecule has 3 nitrogen and oxygen atoms in total. The highest BCUT2D eigenvalue weighted by molar-refractivity contribution is 5.82. The molecular formula is C17H18O3. The fraction of sp³-hybridized carbons (Fsp3) is 0.294. The van der Waals surface area contributed by atoms with Crippen LogP contribution in [0.3, 0.4) is 0 Å². The lowest BCUT2D eigenvalue weighted by Gasteiger charge is -2.17. The molecule has 0 saturated heterocycles. The fourth-order valence-electron chi connectivity index (χ4n) is 2.97. The summed E-state index contributed by atoms with van der Waals surface area (Å²) in [5.41, 5.74) is 4.62. The van der Waals surface area contributed by atoms with E-state index < -0.39 is 0 Å². The number of ether oxygens (including phenoxy) is 2. The van der Waals surface area contributed by atoms with Gasteiger partial charge in [-0.25, -0.2) is 0 Å². The first kappa shape index (κ1) is 12.9. The number of methoxy groups -OCH3 is 2. The van der Waals surface area contributed by atoms with Crippen molar-refractivity contribution in [2.75, 3.05) is 14.2 Å². The summed E-state index contributed by atoms with van der Waals surface area (Å²) in [7, 11) is 3.15. The molecule has 0 amide bonds. The Morgan fingerprint density at radius 2 is 1.75 bits per heavy atom. The Balaban J connectivity index is 2.34. The predicted molar refractivity (Wildman–Crippen MR) is 78.7 cm³/mol. The number of benzene rings is 2. The minimum Gasteiger partial charge on any atom is -0.502 e. The summed E-state index contributed by atoms with van der Waals surface area (Å²) < 4.78 is 10.7. The largest absolute Gasteiger partial charge is 0.502 e. The average molecular weight is 270 g/mol. The number of hydrogen-bond acceptors (Lipinski definition) is 3. The van der Waals surface area contributed by atoms with Gasteiger partial charge in [-0.15, -0.1) is 0 Å². The first-order valence-electron chi connectivity index (χ1n) is 6.81. The second-order valence-corrected chi connectivity index (χ2v) is 5.01. The van der Waals surface area contributed by atoms with Gasteiger partial charge in [-0.1, -0.05) is 24.3 Å². The van der Waals surface area contributed by atoms with Gasteiger partial charge in [0.15, 0.2) is 11.5 Å². The summed E-state index contributed by atoms with van der Waals surface area (Å²) in [5.74, 6) is 1.05. The molecule has 1 N–H and O–H groups in total. The summed E-state index contributed by atoms with van der Waals surface area (Å²) in [4.78, 5) is 0. The van der Waals surface area contributed by atoms with Gasteiger partial charge in [0.25, 0.3) is 0 Å². The number of aromatic hydroxyl groups is 1. The number of fused-ring (bicyclic) bond motifs is 3. The highest BCUT2D eigenvalue weighted by Gasteiger charge is 2.23. The van der Waals surface area contributed by atoms with Crippen molar-refractivity contribution in [1.82, 2.24) is 0 Å². The zero-order valence-corrected chi connectivity index (χ0v) is 11.8. The molecule has 1 aliphatic carbocycles. The van der Waals surface area contributed by atoms with E-state index in [0.717, 1.165) is 30.4 Å². The van der Waals surface area contributed by atoms with E-state index in [9.17, 15) is 5.11 Å². The summed E-state index contributed by atoms with van der Waals surface area (Å²) in [6, 6.07) is 10.2. The fourth-order valence-corrected chi connectivity index (χ4v) is 2.97. The topological polar surface area (TPSA) is 38.7 Å². The zero-order chi connectivity index (χ0) is 14.1. The molecular weight excluding hydrogens is 252 g/mol. The third kappa shape index (κ3) is 1.90. The van der Waals surface area contributed by atoms with Crippen LogP contribution in [0.1, 0.15) is 17.5 Å². The maximum Gasteiger partial charge on any atom is 0.201 e. The monoisotopic (exact) mass is 270 g/mol. The van der Waals surface area contributed by atoms with Crippen LogP contribution in [0.2, 0.25) is 0 Å². The number of rotatable bonds is 2. The molecule has 0 radical (unpaired) electrons. The quantitative estimate of drug-likeness (QED) is 0.906. The van der Waals surface area contributed by atoms with Crippen LogP contribution in [-0.2, 0) is 12.8 Å². The zero-order valence-electron chi connectivity index (χ0n) is 11.8. The van der Waals surface area contributed by atoms with Gasteiger partial charge in [-0.3, -0.25) is 0 Å². The van der Waals surface area contributed by atoms with E-state index in [1.54, 1.807) is 14.2 Å². The lowest BCUT2D eigenvalue weighted by Crippen LogP contribution is -1.97. The van der Waals surface area contributed by atoms with Gasteiger partial charge in [0.2, 0.25) is 5.75 Å². The molecule has 104 valence electrons. The molecule has 0 spiro atoms. The first-order chi connectivity index (χ1) is 9.76. The van der Waals surface area contributed by atoms with E-state index in [1.807, 2.05) is 12.1 Å². The van der Waals surface area contributed by atoms with Crippen LogP contribution in [0.15, 0.2) is 30.3 Å². The van der Waals surface area contributed by atoms with Crippen molar-refractivity contribution >= 4 is 0 Å². The van der Waals surface area contributed by atoms with Crippen molar-refractivity contribution in [3.05, 3.63) is 41.5 Å². The number of phenols is 1. The van der Waals surface area contributed by atoms with Crippen molar-refractivity contribution < 1.29 is 14.6 Å². The summed E-state index contributed by atoms with van der Waals surface area (Å²) >= 11 is 0. The van der Waals surface area contributed by atoms with Crippen LogP contribution < -0.4 is 9.47 Å². The second kappa shape index (κ2) is 5.08. The predicted octanol–water partition coefficient (Wildman–Crippen LogP) is 3.57. The molecule has 0 heterocycles. The Morgan fingerprint density at radius 3 is 2.50 bits per heavy atom. The molecule has 0 aromatic heterocycles. The molecule has 0 unspecified atom stereocenters. The van der Waals surface area contributed by atoms with Gasteiger partial charge in [-0.2, -0.15) is 0 Å². The second-order valence-electron chi connectivity index (χ2n) is 5.01. The molecule has 0 bridgehead atoms. The number of aryl methyl sites for hydroxylation is 2. The Morgan fingerprint density at radius 1 is 1.00 bits per heavy atom. The molecule has 0 fully saturated rings. The van der Waals surface area contributed by atoms with Crippen LogP contribution in [-0.4, -0.2) is 19.3 Å². The molecule has 20 heavy (non-hydrogen) atoms. The maximum atomic E-state index is 10.3. The van der Waals surface area contributed by atoms with Gasteiger partial charge in [0.05, 0.1) is 14.2 Å². The highest BCUT2D eigenvalue weighted by atomic mass is 16.5. The summed E-state index contributed by atoms with van der Waals surface area (Å²) in [5, 5.41) is 10.3. The van der Waals surface area contributed by atoms with E-state index in [0.29, 0.717) is 11.5 Å². The van der Waals surface area contributed by atoms with E-state index in [2.05, 4.69) is 18.2 Å². The van der Waals surface area contributed by atoms with E-state index in [-0.39, 0.29) is 5.75 Å². The summed E-state index contributed by atoms with van der Waals surface area (Å²) in [6.45, 7) is 0. The number of phenolic OH excluding ortho intramolecular Hbond substituents is 1. The molecule has 3 heteroatoms. The Bertz CT molecular complexity index is 647. The van der Waals surface area contributed by atoms with Crippen LogP contribution in [0.5, 0.6) is 17.2 Å². The maximum absolute atomic E-state index is 10.3. The smallest absolute Gasteiger partial charge is 0.201 e. The Labute approximate surface area is 118 Å². The van der Waals surface area contributed by atoms with E-state index in [1.165, 1.54) is 11.1 Å². The minimum atomic E-state index is 0.0745. The van der Waals surface area contributed by atoms with E-state index in [4.69, 9.17) is 9.47 Å². The van der Waals surface area contributed by atoms with Crippen molar-refractivity contribution in [2.24, 2.45) is 0 Å². The van der Waals surface area contributed by atoms with E-state index >= 15 is 0 Å². The molecule has 0 atom stereocenters. The standard InChI is InChI=1S/C17H18O3/c1-19-14-10-12-8-5-7-11-6-3-4-9-13(11)15(12)17(20-2)16(14)18/h3-4,6,9-10,18H,5,7-8H2,1-2H3. The third-order valence-corrected chi connectivity index (χ3v) is 3.90. The van der Waals surface area contributed by atoms with Gasteiger partial charge in [0, 0.05) is 5.56 Å². The van der Waals surface area contributed by atoms with Crippen LogP contribution >= 0.6 is 0 Å². The van der Waals surface area contributed by atoms with Crippen LogP contribution in [0.4, 0.5) is 0 Å². The van der Waals surface area contributed by atoms with Gasteiger partial charge < -0.3 is 14.6 Å². The normalized spacial score (nSPS) is 13.1. The highest BCUT2D eigenvalue weighted by Crippen LogP contribution is 2.48. The van der Waals surface area contributed by atoms with Crippen molar-refractivity contribution in [2.45, 2.75) is 19.3 Å². The number of hydrogen-bond donors (Lipinski definition) is 1. The molecule has 0 aliphatic heterocycles. The van der Waals surface area contributed by atoms with Gasteiger partial charge in [-0.05, 0) is 42.0 Å². The molecule has 2 aromatic rings. The van der Waals surface area contributed by atoms with Crippen molar-refractivity contribution in [1.29, 1.82) is 0 Å². The lowest BCUT2D eigenvalue weighted by molar-refractivity contribution is 0.340. The first-order valence-corrected chi connectivity index (χ1v) is 6.81. The molecule has 1 aliphatic rings. The third-order valence-electron chi connectivity index (χ3n) is 3.90.